The van der Waals surface area contributed by atoms with E-state index in [0.717, 1.165) is 18.5 Å². The van der Waals surface area contributed by atoms with Gasteiger partial charge in [0, 0.05) is 17.8 Å². The lowest BCUT2D eigenvalue weighted by atomic mass is 9.90. The molecule has 1 N–H and O–H groups in total. The van der Waals surface area contributed by atoms with Gasteiger partial charge in [0.2, 0.25) is 0 Å². The molecule has 2 rings (SSSR count). The zero-order valence-corrected chi connectivity index (χ0v) is 10.9. The molecular weight excluding hydrogens is 234 g/mol. The van der Waals surface area contributed by atoms with Crippen molar-refractivity contribution in [2.45, 2.75) is 32.1 Å². The van der Waals surface area contributed by atoms with Crippen molar-refractivity contribution in [3.05, 3.63) is 29.3 Å². The molecule has 0 spiro atoms. The summed E-state index contributed by atoms with van der Waals surface area (Å²) in [6, 6.07) is 5.91. The van der Waals surface area contributed by atoms with E-state index in [1.807, 2.05) is 18.2 Å². The number of nitrogens with one attached hydrogen (secondary N) is 1. The second kappa shape index (κ2) is 5.54. The van der Waals surface area contributed by atoms with Crippen molar-refractivity contribution in [3.8, 4) is 0 Å². The fourth-order valence-corrected chi connectivity index (χ4v) is 2.62. The highest BCUT2D eigenvalue weighted by Crippen LogP contribution is 2.34. The van der Waals surface area contributed by atoms with E-state index in [9.17, 15) is 4.79 Å². The predicted octanol–water partition coefficient (Wildman–Crippen LogP) is 3.81. The Hall–Kier alpha value is -1.02. The first kappa shape index (κ1) is 12.4. The summed E-state index contributed by atoms with van der Waals surface area (Å²) in [4.78, 5) is 11.6. The standard InChI is InChI=1S/C14H18ClNO/c1-2-10-4-3-7-16-13-6-5-11(8-12(10)13)14(17)9-15/h5-6,8,10,16H,2-4,7,9H2,1H3. The Morgan fingerprint density at radius 2 is 2.35 bits per heavy atom. The Morgan fingerprint density at radius 1 is 1.53 bits per heavy atom. The van der Waals surface area contributed by atoms with E-state index in [1.54, 1.807) is 0 Å². The van der Waals surface area contributed by atoms with Gasteiger partial charge in [-0.3, -0.25) is 4.79 Å². The molecule has 92 valence electrons. The van der Waals surface area contributed by atoms with Gasteiger partial charge >= 0.3 is 0 Å². The molecule has 0 saturated carbocycles. The monoisotopic (exact) mass is 251 g/mol. The Bertz CT molecular complexity index is 417. The van der Waals surface area contributed by atoms with Gasteiger partial charge in [-0.1, -0.05) is 6.92 Å². The SMILES string of the molecule is CCC1CCCNc2ccc(C(=O)CCl)cc21. The van der Waals surface area contributed by atoms with Gasteiger partial charge in [0.05, 0.1) is 5.88 Å². The topological polar surface area (TPSA) is 29.1 Å². The summed E-state index contributed by atoms with van der Waals surface area (Å²) in [6.07, 6.45) is 3.49. The number of alkyl halides is 1. The minimum Gasteiger partial charge on any atom is -0.385 e. The van der Waals surface area contributed by atoms with E-state index < -0.39 is 0 Å². The van der Waals surface area contributed by atoms with Gasteiger partial charge in [0.1, 0.15) is 0 Å². The van der Waals surface area contributed by atoms with Crippen LogP contribution in [0.15, 0.2) is 18.2 Å². The number of ketones is 1. The average molecular weight is 252 g/mol. The number of carbonyl (C=O) groups excluding carboxylic acids is 1. The van der Waals surface area contributed by atoms with Crippen molar-refractivity contribution in [1.82, 2.24) is 0 Å². The molecule has 1 aliphatic rings. The van der Waals surface area contributed by atoms with E-state index in [1.165, 1.54) is 24.1 Å². The summed E-state index contributed by atoms with van der Waals surface area (Å²) >= 11 is 5.61. The van der Waals surface area contributed by atoms with E-state index in [4.69, 9.17) is 11.6 Å². The molecule has 1 aromatic carbocycles. The minimum atomic E-state index is 0.00793. The summed E-state index contributed by atoms with van der Waals surface area (Å²) < 4.78 is 0. The fourth-order valence-electron chi connectivity index (χ4n) is 2.46. The zero-order valence-electron chi connectivity index (χ0n) is 10.1. The molecule has 1 atom stereocenters. The third-order valence-corrected chi connectivity index (χ3v) is 3.72. The van der Waals surface area contributed by atoms with Gasteiger partial charge in [-0.05, 0) is 48.9 Å². The van der Waals surface area contributed by atoms with Crippen LogP contribution < -0.4 is 5.32 Å². The van der Waals surface area contributed by atoms with Crippen molar-refractivity contribution < 1.29 is 4.79 Å². The molecule has 1 aromatic rings. The summed E-state index contributed by atoms with van der Waals surface area (Å²) in [5.74, 6) is 0.625. The Labute approximate surface area is 107 Å². The number of hydrogen-bond donors (Lipinski definition) is 1. The van der Waals surface area contributed by atoms with Crippen LogP contribution in [0, 0.1) is 0 Å². The lowest BCUT2D eigenvalue weighted by Crippen LogP contribution is -2.05. The van der Waals surface area contributed by atoms with Crippen LogP contribution in [0.1, 0.15) is 48.0 Å². The normalized spacial score (nSPS) is 19.1. The molecule has 2 nitrogen and oxygen atoms in total. The molecule has 0 aromatic heterocycles. The van der Waals surface area contributed by atoms with Gasteiger partial charge in [-0.2, -0.15) is 0 Å². The quantitative estimate of drug-likeness (QED) is 0.654. The number of rotatable bonds is 3. The van der Waals surface area contributed by atoms with Gasteiger partial charge in [-0.15, -0.1) is 11.6 Å². The van der Waals surface area contributed by atoms with Gasteiger partial charge in [0.15, 0.2) is 5.78 Å². The van der Waals surface area contributed by atoms with Crippen LogP contribution in [0.5, 0.6) is 0 Å². The van der Waals surface area contributed by atoms with Gasteiger partial charge in [0.25, 0.3) is 0 Å². The molecule has 0 amide bonds. The largest absolute Gasteiger partial charge is 0.385 e. The second-order valence-corrected chi connectivity index (χ2v) is 4.80. The molecule has 0 aliphatic carbocycles. The lowest BCUT2D eigenvalue weighted by molar-refractivity contribution is 0.102. The number of anilines is 1. The van der Waals surface area contributed by atoms with E-state index >= 15 is 0 Å². The number of halogens is 1. The molecule has 1 heterocycles. The maximum atomic E-state index is 11.6. The minimum absolute atomic E-state index is 0.00793. The smallest absolute Gasteiger partial charge is 0.177 e. The van der Waals surface area contributed by atoms with E-state index in [0.29, 0.717) is 5.92 Å². The van der Waals surface area contributed by atoms with Crippen LogP contribution >= 0.6 is 11.6 Å². The summed E-state index contributed by atoms with van der Waals surface area (Å²) in [6.45, 7) is 3.22. The summed E-state index contributed by atoms with van der Waals surface area (Å²) in [5, 5.41) is 3.43. The molecule has 1 unspecified atom stereocenters. The van der Waals surface area contributed by atoms with Crippen LogP contribution in [0.4, 0.5) is 5.69 Å². The molecule has 3 heteroatoms. The number of benzene rings is 1. The first-order chi connectivity index (χ1) is 8.26. The Kier molecular flexibility index (Phi) is 4.06. The highest BCUT2D eigenvalue weighted by molar-refractivity contribution is 6.30. The van der Waals surface area contributed by atoms with Gasteiger partial charge < -0.3 is 5.32 Å². The zero-order chi connectivity index (χ0) is 12.3. The van der Waals surface area contributed by atoms with Crippen LogP contribution in [0.3, 0.4) is 0 Å². The first-order valence-electron chi connectivity index (χ1n) is 6.23. The third-order valence-electron chi connectivity index (χ3n) is 3.47. The third kappa shape index (κ3) is 2.63. The maximum Gasteiger partial charge on any atom is 0.177 e. The second-order valence-electron chi connectivity index (χ2n) is 4.53. The van der Waals surface area contributed by atoms with Crippen molar-refractivity contribution >= 4 is 23.1 Å². The highest BCUT2D eigenvalue weighted by atomic mass is 35.5. The van der Waals surface area contributed by atoms with E-state index in [2.05, 4.69) is 12.2 Å². The maximum absolute atomic E-state index is 11.6. The molecule has 0 radical (unpaired) electrons. The van der Waals surface area contributed by atoms with Crippen molar-refractivity contribution in [3.63, 3.8) is 0 Å². The van der Waals surface area contributed by atoms with Crippen LogP contribution in [0.25, 0.3) is 0 Å². The predicted molar refractivity (Wildman–Crippen MR) is 72.2 cm³/mol. The molecule has 0 saturated heterocycles. The van der Waals surface area contributed by atoms with Gasteiger partial charge in [-0.25, -0.2) is 0 Å². The number of Topliss-reactive ketones (excluding diaryl/α,β-unsaturated/α-hetero) is 1. The molecular formula is C14H18ClNO. The lowest BCUT2D eigenvalue weighted by Gasteiger charge is -2.16. The fraction of sp³-hybridized carbons (Fsp3) is 0.500. The molecule has 0 fully saturated rings. The molecule has 17 heavy (non-hydrogen) atoms. The Morgan fingerprint density at radius 3 is 3.06 bits per heavy atom. The van der Waals surface area contributed by atoms with Crippen LogP contribution in [-0.4, -0.2) is 18.2 Å². The van der Waals surface area contributed by atoms with E-state index in [-0.39, 0.29) is 11.7 Å². The van der Waals surface area contributed by atoms with Crippen LogP contribution in [-0.2, 0) is 0 Å². The number of carbonyl (C=O) groups is 1. The van der Waals surface area contributed by atoms with Crippen molar-refractivity contribution in [2.75, 3.05) is 17.7 Å². The van der Waals surface area contributed by atoms with Crippen molar-refractivity contribution in [2.24, 2.45) is 0 Å². The van der Waals surface area contributed by atoms with Crippen LogP contribution in [0.2, 0.25) is 0 Å². The molecule has 1 aliphatic heterocycles. The highest BCUT2D eigenvalue weighted by Gasteiger charge is 2.18. The number of hydrogen-bond acceptors (Lipinski definition) is 2. The Balaban J connectivity index is 2.39. The number of fused-ring (bicyclic) bond motifs is 1. The average Bonchev–Trinajstić information content (AvgIpc) is 2.58. The summed E-state index contributed by atoms with van der Waals surface area (Å²) in [7, 11) is 0. The van der Waals surface area contributed by atoms with Crippen molar-refractivity contribution in [1.29, 1.82) is 0 Å². The first-order valence-corrected chi connectivity index (χ1v) is 6.76. The molecule has 0 bridgehead atoms. The summed E-state index contributed by atoms with van der Waals surface area (Å²) in [5.41, 5.74) is 3.20.